The molecule has 0 bridgehead atoms. The van der Waals surface area contributed by atoms with E-state index in [2.05, 4.69) is 51.4 Å². The summed E-state index contributed by atoms with van der Waals surface area (Å²) in [5, 5.41) is 4.11. The summed E-state index contributed by atoms with van der Waals surface area (Å²) in [4.78, 5) is 4.39. The van der Waals surface area contributed by atoms with E-state index in [9.17, 15) is 0 Å². The third-order valence-electron chi connectivity index (χ3n) is 3.14. The number of aryl methyl sites for hydroxylation is 1. The van der Waals surface area contributed by atoms with Crippen LogP contribution >= 0.6 is 38.9 Å². The number of benzene rings is 2. The normalized spacial score (nSPS) is 10.9. The molecule has 0 unspecified atom stereocenters. The first-order valence-corrected chi connectivity index (χ1v) is 8.21. The highest BCUT2D eigenvalue weighted by atomic mass is 79.9. The van der Waals surface area contributed by atoms with Gasteiger partial charge in [0.05, 0.1) is 20.9 Å². The summed E-state index contributed by atoms with van der Waals surface area (Å²) in [6.07, 6.45) is 0. The van der Waals surface area contributed by atoms with Gasteiger partial charge in [-0.1, -0.05) is 39.7 Å². The van der Waals surface area contributed by atoms with Crippen molar-refractivity contribution in [3.05, 3.63) is 56.5 Å². The van der Waals surface area contributed by atoms with E-state index in [0.717, 1.165) is 26.9 Å². The quantitative estimate of drug-likeness (QED) is 0.648. The molecule has 1 N–H and O–H groups in total. The summed E-state index contributed by atoms with van der Waals surface area (Å²) in [5.41, 5.74) is 6.13. The van der Waals surface area contributed by atoms with Crippen LogP contribution in [0.1, 0.15) is 11.1 Å². The lowest BCUT2D eigenvalue weighted by Crippen LogP contribution is -2.01. The Bertz CT molecular complexity index is 770. The van der Waals surface area contributed by atoms with E-state index in [1.54, 1.807) is 11.3 Å². The Hall–Kier alpha value is -1.10. The number of nitrogens with zero attached hydrogens (tertiary/aromatic N) is 1. The SMILES string of the molecule is Cc1cc(CNc2c(Cl)ccc3scnc23)ccc1Br. The molecular weight excluding hydrogens is 356 g/mol. The molecule has 3 aromatic rings. The number of hydrogen-bond acceptors (Lipinski definition) is 3. The summed E-state index contributed by atoms with van der Waals surface area (Å²) in [5.74, 6) is 0. The highest BCUT2D eigenvalue weighted by Gasteiger charge is 2.08. The van der Waals surface area contributed by atoms with Crippen molar-refractivity contribution in [2.24, 2.45) is 0 Å². The van der Waals surface area contributed by atoms with Gasteiger partial charge in [0.1, 0.15) is 5.52 Å². The molecule has 0 atom stereocenters. The van der Waals surface area contributed by atoms with Gasteiger partial charge in [-0.3, -0.25) is 0 Å². The minimum absolute atomic E-state index is 0.706. The van der Waals surface area contributed by atoms with Gasteiger partial charge in [0.2, 0.25) is 0 Å². The molecule has 0 radical (unpaired) electrons. The number of anilines is 1. The summed E-state index contributed by atoms with van der Waals surface area (Å²) in [7, 11) is 0. The number of fused-ring (bicyclic) bond motifs is 1. The zero-order valence-corrected chi connectivity index (χ0v) is 13.9. The highest BCUT2D eigenvalue weighted by molar-refractivity contribution is 9.10. The maximum absolute atomic E-state index is 6.28. The summed E-state index contributed by atoms with van der Waals surface area (Å²) in [6, 6.07) is 10.2. The van der Waals surface area contributed by atoms with Gasteiger partial charge < -0.3 is 5.32 Å². The van der Waals surface area contributed by atoms with E-state index in [0.29, 0.717) is 5.02 Å². The van der Waals surface area contributed by atoms with Crippen molar-refractivity contribution in [3.8, 4) is 0 Å². The average Bonchev–Trinajstić information content (AvgIpc) is 2.90. The van der Waals surface area contributed by atoms with Gasteiger partial charge in [-0.05, 0) is 36.2 Å². The number of hydrogen-bond donors (Lipinski definition) is 1. The van der Waals surface area contributed by atoms with Crippen LogP contribution in [0.25, 0.3) is 10.2 Å². The van der Waals surface area contributed by atoms with E-state index >= 15 is 0 Å². The monoisotopic (exact) mass is 366 g/mol. The van der Waals surface area contributed by atoms with Crippen LogP contribution in [-0.4, -0.2) is 4.98 Å². The molecule has 5 heteroatoms. The van der Waals surface area contributed by atoms with Crippen LogP contribution in [0, 0.1) is 6.92 Å². The zero-order valence-electron chi connectivity index (χ0n) is 10.8. The molecule has 1 aromatic heterocycles. The second-order valence-corrected chi connectivity index (χ2v) is 6.71. The molecule has 102 valence electrons. The van der Waals surface area contributed by atoms with Gasteiger partial charge in [-0.15, -0.1) is 11.3 Å². The third kappa shape index (κ3) is 2.68. The molecule has 0 aliphatic carbocycles. The zero-order chi connectivity index (χ0) is 14.1. The maximum Gasteiger partial charge on any atom is 0.106 e. The number of nitrogens with one attached hydrogen (secondary N) is 1. The van der Waals surface area contributed by atoms with Gasteiger partial charge in [0, 0.05) is 11.0 Å². The third-order valence-corrected chi connectivity index (χ3v) is 5.14. The molecule has 0 amide bonds. The fourth-order valence-electron chi connectivity index (χ4n) is 2.08. The molecule has 0 saturated heterocycles. The van der Waals surface area contributed by atoms with Crippen LogP contribution in [0.15, 0.2) is 40.3 Å². The Kier molecular flexibility index (Phi) is 3.96. The predicted octanol–water partition coefficient (Wildman–Crippen LogP) is 5.63. The Balaban J connectivity index is 1.88. The first kappa shape index (κ1) is 13.9. The molecule has 2 aromatic carbocycles. The topological polar surface area (TPSA) is 24.9 Å². The van der Waals surface area contributed by atoms with Crippen molar-refractivity contribution in [2.75, 3.05) is 5.32 Å². The van der Waals surface area contributed by atoms with E-state index in [4.69, 9.17) is 11.6 Å². The molecule has 0 aliphatic rings. The van der Waals surface area contributed by atoms with E-state index in [-0.39, 0.29) is 0 Å². The number of halogens is 2. The van der Waals surface area contributed by atoms with Crippen molar-refractivity contribution < 1.29 is 0 Å². The molecule has 3 rings (SSSR count). The Morgan fingerprint density at radius 3 is 2.95 bits per heavy atom. The van der Waals surface area contributed by atoms with Gasteiger partial charge >= 0.3 is 0 Å². The molecular formula is C15H12BrClN2S. The fraction of sp³-hybridized carbons (Fsp3) is 0.133. The lowest BCUT2D eigenvalue weighted by molar-refractivity contribution is 1.14. The van der Waals surface area contributed by atoms with Crippen LogP contribution in [-0.2, 0) is 6.54 Å². The predicted molar refractivity (Wildman–Crippen MR) is 90.8 cm³/mol. The van der Waals surface area contributed by atoms with Crippen LogP contribution < -0.4 is 5.32 Å². The molecule has 0 aliphatic heterocycles. The van der Waals surface area contributed by atoms with E-state index in [1.807, 2.05) is 17.6 Å². The first-order chi connectivity index (χ1) is 9.65. The lowest BCUT2D eigenvalue weighted by atomic mass is 10.1. The highest BCUT2D eigenvalue weighted by Crippen LogP contribution is 2.32. The Morgan fingerprint density at radius 1 is 1.30 bits per heavy atom. The molecule has 0 fully saturated rings. The summed E-state index contributed by atoms with van der Waals surface area (Å²) in [6.45, 7) is 2.81. The van der Waals surface area contributed by atoms with Crippen LogP contribution in [0.5, 0.6) is 0 Å². The minimum atomic E-state index is 0.706. The van der Waals surface area contributed by atoms with E-state index < -0.39 is 0 Å². The Labute approximate surface area is 134 Å². The molecule has 20 heavy (non-hydrogen) atoms. The van der Waals surface area contributed by atoms with Crippen LogP contribution in [0.3, 0.4) is 0 Å². The molecule has 2 nitrogen and oxygen atoms in total. The van der Waals surface area contributed by atoms with Crippen molar-refractivity contribution in [2.45, 2.75) is 13.5 Å². The summed E-state index contributed by atoms with van der Waals surface area (Å²) >= 11 is 11.4. The molecule has 0 saturated carbocycles. The fourth-order valence-corrected chi connectivity index (χ4v) is 3.23. The van der Waals surface area contributed by atoms with Crippen molar-refractivity contribution in [1.29, 1.82) is 0 Å². The van der Waals surface area contributed by atoms with Gasteiger partial charge in [-0.25, -0.2) is 4.98 Å². The standard InChI is InChI=1S/C15H12BrClN2S/c1-9-6-10(2-3-11(9)16)7-18-14-12(17)4-5-13-15(14)19-8-20-13/h2-6,8,18H,7H2,1H3. The first-order valence-electron chi connectivity index (χ1n) is 6.16. The Morgan fingerprint density at radius 2 is 2.15 bits per heavy atom. The van der Waals surface area contributed by atoms with Gasteiger partial charge in [-0.2, -0.15) is 0 Å². The number of thiazole rings is 1. The van der Waals surface area contributed by atoms with Crippen molar-refractivity contribution in [3.63, 3.8) is 0 Å². The van der Waals surface area contributed by atoms with Gasteiger partial charge in [0.15, 0.2) is 0 Å². The van der Waals surface area contributed by atoms with Crippen molar-refractivity contribution in [1.82, 2.24) is 4.98 Å². The number of rotatable bonds is 3. The molecule has 1 heterocycles. The minimum Gasteiger partial charge on any atom is -0.378 e. The molecule has 0 spiro atoms. The number of aromatic nitrogens is 1. The maximum atomic E-state index is 6.28. The van der Waals surface area contributed by atoms with Gasteiger partial charge in [0.25, 0.3) is 0 Å². The summed E-state index contributed by atoms with van der Waals surface area (Å²) < 4.78 is 2.27. The van der Waals surface area contributed by atoms with Crippen LogP contribution in [0.4, 0.5) is 5.69 Å². The average molecular weight is 368 g/mol. The van der Waals surface area contributed by atoms with Crippen LogP contribution in [0.2, 0.25) is 5.02 Å². The van der Waals surface area contributed by atoms with Crippen molar-refractivity contribution >= 4 is 54.8 Å². The lowest BCUT2D eigenvalue weighted by Gasteiger charge is -2.10. The largest absolute Gasteiger partial charge is 0.378 e. The van der Waals surface area contributed by atoms with E-state index in [1.165, 1.54) is 11.1 Å². The second kappa shape index (κ2) is 5.72. The second-order valence-electron chi connectivity index (χ2n) is 4.56. The smallest absolute Gasteiger partial charge is 0.106 e.